The van der Waals surface area contributed by atoms with Gasteiger partial charge in [-0.15, -0.1) is 0 Å². The largest absolute Gasteiger partial charge is 0.497 e. The van der Waals surface area contributed by atoms with E-state index in [1.54, 1.807) is 7.11 Å². The van der Waals surface area contributed by atoms with Crippen molar-refractivity contribution in [2.45, 2.75) is 57.2 Å². The maximum atomic E-state index is 10.4. The van der Waals surface area contributed by atoms with Crippen LogP contribution in [0.4, 0.5) is 0 Å². The van der Waals surface area contributed by atoms with Crippen LogP contribution in [0.2, 0.25) is 0 Å². The number of aliphatic imine (C=N–C) groups is 1. The van der Waals surface area contributed by atoms with Crippen LogP contribution in [0.1, 0.15) is 50.7 Å². The third-order valence-corrected chi connectivity index (χ3v) is 5.67. The van der Waals surface area contributed by atoms with Gasteiger partial charge in [-0.3, -0.25) is 9.89 Å². The third kappa shape index (κ3) is 5.59. The van der Waals surface area contributed by atoms with Crippen molar-refractivity contribution >= 4 is 5.96 Å². The van der Waals surface area contributed by atoms with Crippen molar-refractivity contribution in [1.82, 2.24) is 15.5 Å². The summed E-state index contributed by atoms with van der Waals surface area (Å²) < 4.78 is 5.17. The lowest BCUT2D eigenvalue weighted by molar-refractivity contribution is 0.187. The molecule has 0 radical (unpaired) electrons. The molecular formula is C21H34N4O2. The number of aliphatic hydroxyl groups is 1. The Bertz CT molecular complexity index is 599. The number of hydrogen-bond donors (Lipinski definition) is 3. The number of benzene rings is 1. The van der Waals surface area contributed by atoms with Gasteiger partial charge in [0, 0.05) is 31.7 Å². The zero-order valence-electron chi connectivity index (χ0n) is 16.7. The highest BCUT2D eigenvalue weighted by Gasteiger charge is 2.30. The fourth-order valence-corrected chi connectivity index (χ4v) is 4.13. The van der Waals surface area contributed by atoms with Gasteiger partial charge in [0.1, 0.15) is 5.75 Å². The van der Waals surface area contributed by atoms with Crippen LogP contribution in [0, 0.1) is 0 Å². The van der Waals surface area contributed by atoms with Crippen LogP contribution in [0.15, 0.2) is 29.3 Å². The molecule has 1 aliphatic heterocycles. The molecule has 1 aromatic carbocycles. The number of nitrogens with zero attached hydrogens (tertiary/aromatic N) is 2. The summed E-state index contributed by atoms with van der Waals surface area (Å²) in [6, 6.07) is 8.71. The van der Waals surface area contributed by atoms with Gasteiger partial charge in [-0.05, 0) is 43.9 Å². The molecular weight excluding hydrogens is 340 g/mol. The van der Waals surface area contributed by atoms with E-state index in [1.165, 1.54) is 32.2 Å². The van der Waals surface area contributed by atoms with Crippen molar-refractivity contribution in [3.8, 4) is 5.75 Å². The summed E-state index contributed by atoms with van der Waals surface area (Å²) in [4.78, 5) is 7.25. The van der Waals surface area contributed by atoms with Crippen LogP contribution in [0.3, 0.4) is 0 Å². The predicted molar refractivity (Wildman–Crippen MR) is 109 cm³/mol. The minimum Gasteiger partial charge on any atom is -0.497 e. The molecule has 0 aromatic heterocycles. The molecule has 6 nitrogen and oxygen atoms in total. The van der Waals surface area contributed by atoms with Gasteiger partial charge in [-0.1, -0.05) is 25.0 Å². The minimum absolute atomic E-state index is 0.334. The fraction of sp³-hybridized carbons (Fsp3) is 0.667. The lowest BCUT2D eigenvalue weighted by Crippen LogP contribution is -2.45. The molecule has 0 bridgehead atoms. The quantitative estimate of drug-likeness (QED) is 0.505. The topological polar surface area (TPSA) is 69.1 Å². The van der Waals surface area contributed by atoms with E-state index in [0.29, 0.717) is 12.6 Å². The molecule has 2 atom stereocenters. The summed E-state index contributed by atoms with van der Waals surface area (Å²) in [5.74, 6) is 1.58. The Labute approximate surface area is 163 Å². The average Bonchev–Trinajstić information content (AvgIpc) is 3.38. The Morgan fingerprint density at radius 3 is 2.67 bits per heavy atom. The minimum atomic E-state index is -0.620. The fourth-order valence-electron chi connectivity index (χ4n) is 4.13. The zero-order valence-corrected chi connectivity index (χ0v) is 16.7. The highest BCUT2D eigenvalue weighted by Crippen LogP contribution is 2.26. The molecule has 27 heavy (non-hydrogen) atoms. The van der Waals surface area contributed by atoms with Gasteiger partial charge in [0.15, 0.2) is 5.96 Å². The predicted octanol–water partition coefficient (Wildman–Crippen LogP) is 2.30. The summed E-state index contributed by atoms with van der Waals surface area (Å²) >= 11 is 0. The Balaban J connectivity index is 1.52. The molecule has 1 heterocycles. The molecule has 2 fully saturated rings. The first-order valence-electron chi connectivity index (χ1n) is 10.3. The number of methoxy groups -OCH3 is 1. The van der Waals surface area contributed by atoms with Crippen LogP contribution in [-0.4, -0.2) is 61.3 Å². The molecule has 0 amide bonds. The Hall–Kier alpha value is -1.79. The lowest BCUT2D eigenvalue weighted by atomic mass is 10.1. The van der Waals surface area contributed by atoms with Gasteiger partial charge in [-0.2, -0.15) is 0 Å². The van der Waals surface area contributed by atoms with E-state index in [-0.39, 0.29) is 0 Å². The number of ether oxygens (including phenoxy) is 1. The molecule has 1 saturated carbocycles. The van der Waals surface area contributed by atoms with Gasteiger partial charge < -0.3 is 20.5 Å². The van der Waals surface area contributed by atoms with E-state index >= 15 is 0 Å². The molecule has 1 saturated heterocycles. The molecule has 150 valence electrons. The molecule has 2 aliphatic rings. The van der Waals surface area contributed by atoms with E-state index in [2.05, 4.69) is 27.4 Å². The summed E-state index contributed by atoms with van der Waals surface area (Å²) in [5.41, 5.74) is 0.851. The summed E-state index contributed by atoms with van der Waals surface area (Å²) in [7, 11) is 1.64. The number of rotatable bonds is 7. The van der Waals surface area contributed by atoms with Crippen LogP contribution in [0.5, 0.6) is 5.75 Å². The average molecular weight is 375 g/mol. The first-order valence-corrected chi connectivity index (χ1v) is 10.3. The summed E-state index contributed by atoms with van der Waals surface area (Å²) in [6.45, 7) is 5.48. The zero-order chi connectivity index (χ0) is 19.1. The smallest absolute Gasteiger partial charge is 0.191 e. The van der Waals surface area contributed by atoms with Gasteiger partial charge >= 0.3 is 0 Å². The molecule has 1 aromatic rings. The normalized spacial score (nSPS) is 22.8. The molecule has 2 unspecified atom stereocenters. The summed E-state index contributed by atoms with van der Waals surface area (Å²) in [5, 5.41) is 17.3. The van der Waals surface area contributed by atoms with Crippen molar-refractivity contribution in [2.75, 3.05) is 33.3 Å². The van der Waals surface area contributed by atoms with E-state index < -0.39 is 6.10 Å². The maximum Gasteiger partial charge on any atom is 0.191 e. The van der Waals surface area contributed by atoms with Crippen LogP contribution >= 0.6 is 0 Å². The molecule has 3 N–H and O–H groups in total. The maximum absolute atomic E-state index is 10.4. The van der Waals surface area contributed by atoms with Gasteiger partial charge in [-0.25, -0.2) is 0 Å². The standard InChI is InChI=1S/C21H34N4O2/c1-3-22-21(23-14-20(26)16-8-10-19(27-2)11-9-16)24-17-12-13-25(15-17)18-6-4-5-7-18/h8-11,17-18,20,26H,3-7,12-15H2,1-2H3,(H2,22,23,24). The Kier molecular flexibility index (Phi) is 7.35. The molecule has 3 rings (SSSR count). The first kappa shape index (κ1) is 20.0. The SMILES string of the molecule is CCNC(=NCC(O)c1ccc(OC)cc1)NC1CCN(C2CCCC2)C1. The second kappa shape index (κ2) is 9.95. The molecule has 6 heteroatoms. The van der Waals surface area contributed by atoms with E-state index in [0.717, 1.165) is 42.8 Å². The molecule has 1 aliphatic carbocycles. The van der Waals surface area contributed by atoms with Crippen molar-refractivity contribution in [3.05, 3.63) is 29.8 Å². The van der Waals surface area contributed by atoms with E-state index in [1.807, 2.05) is 24.3 Å². The number of nitrogens with one attached hydrogen (secondary N) is 2. The number of likely N-dealkylation sites (tertiary alicyclic amines) is 1. The second-order valence-corrected chi connectivity index (χ2v) is 7.57. The number of guanidine groups is 1. The van der Waals surface area contributed by atoms with Gasteiger partial charge in [0.2, 0.25) is 0 Å². The van der Waals surface area contributed by atoms with E-state index in [4.69, 9.17) is 4.74 Å². The van der Waals surface area contributed by atoms with Gasteiger partial charge in [0.25, 0.3) is 0 Å². The van der Waals surface area contributed by atoms with Crippen LogP contribution < -0.4 is 15.4 Å². The number of hydrogen-bond acceptors (Lipinski definition) is 4. The van der Waals surface area contributed by atoms with Gasteiger partial charge in [0.05, 0.1) is 19.8 Å². The lowest BCUT2D eigenvalue weighted by Gasteiger charge is -2.24. The molecule has 0 spiro atoms. The van der Waals surface area contributed by atoms with Crippen molar-refractivity contribution in [1.29, 1.82) is 0 Å². The van der Waals surface area contributed by atoms with Crippen molar-refractivity contribution < 1.29 is 9.84 Å². The van der Waals surface area contributed by atoms with E-state index in [9.17, 15) is 5.11 Å². The third-order valence-electron chi connectivity index (χ3n) is 5.67. The first-order chi connectivity index (χ1) is 13.2. The Morgan fingerprint density at radius 2 is 2.00 bits per heavy atom. The summed E-state index contributed by atoms with van der Waals surface area (Å²) in [6.07, 6.45) is 6.01. The highest BCUT2D eigenvalue weighted by atomic mass is 16.5. The second-order valence-electron chi connectivity index (χ2n) is 7.57. The van der Waals surface area contributed by atoms with Crippen molar-refractivity contribution in [2.24, 2.45) is 4.99 Å². The van der Waals surface area contributed by atoms with Crippen LogP contribution in [-0.2, 0) is 0 Å². The number of aliphatic hydroxyl groups excluding tert-OH is 1. The van der Waals surface area contributed by atoms with Crippen molar-refractivity contribution in [3.63, 3.8) is 0 Å². The highest BCUT2D eigenvalue weighted by molar-refractivity contribution is 5.80. The Morgan fingerprint density at radius 1 is 1.26 bits per heavy atom. The van der Waals surface area contributed by atoms with Crippen LogP contribution in [0.25, 0.3) is 0 Å². The monoisotopic (exact) mass is 374 g/mol.